The molecule has 2 aromatic rings. The predicted octanol–water partition coefficient (Wildman–Crippen LogP) is 3.29. The van der Waals surface area contributed by atoms with Gasteiger partial charge in [0.15, 0.2) is 0 Å². The highest BCUT2D eigenvalue weighted by Crippen LogP contribution is 2.34. The Morgan fingerprint density at radius 1 is 1.05 bits per heavy atom. The topological polar surface area (TPSA) is 65.0 Å². The lowest BCUT2D eigenvalue weighted by Gasteiger charge is -2.14. The van der Waals surface area contributed by atoms with Gasteiger partial charge < -0.3 is 19.3 Å². The minimum absolute atomic E-state index is 0.0181. The van der Waals surface area contributed by atoms with Gasteiger partial charge in [-0.25, -0.2) is 4.79 Å². The standard InChI is InChI=1S/C17H18O5/c1-11-4-6-12(7-5-11)10-22-15-9-13(20-2)8-14(21-3)16(15)17(18)19/h4-9H,10H2,1-3H3,(H,18,19). The molecule has 0 spiro atoms. The maximum absolute atomic E-state index is 11.5. The zero-order valence-electron chi connectivity index (χ0n) is 12.8. The first-order chi connectivity index (χ1) is 10.5. The number of benzene rings is 2. The van der Waals surface area contributed by atoms with Crippen molar-refractivity contribution in [1.82, 2.24) is 0 Å². The van der Waals surface area contributed by atoms with Gasteiger partial charge in [-0.15, -0.1) is 0 Å². The molecule has 0 aliphatic heterocycles. The van der Waals surface area contributed by atoms with E-state index in [0.717, 1.165) is 11.1 Å². The van der Waals surface area contributed by atoms with E-state index in [4.69, 9.17) is 14.2 Å². The first-order valence-corrected chi connectivity index (χ1v) is 6.72. The Labute approximate surface area is 129 Å². The summed E-state index contributed by atoms with van der Waals surface area (Å²) in [6.45, 7) is 2.26. The summed E-state index contributed by atoms with van der Waals surface area (Å²) in [5, 5.41) is 9.37. The minimum atomic E-state index is -1.11. The normalized spacial score (nSPS) is 10.1. The minimum Gasteiger partial charge on any atom is -0.496 e. The van der Waals surface area contributed by atoms with Crippen molar-refractivity contribution in [2.75, 3.05) is 14.2 Å². The number of aromatic carboxylic acids is 1. The number of aryl methyl sites for hydroxylation is 1. The van der Waals surface area contributed by atoms with Crippen LogP contribution < -0.4 is 14.2 Å². The van der Waals surface area contributed by atoms with Crippen molar-refractivity contribution < 1.29 is 24.1 Å². The molecule has 2 rings (SSSR count). The lowest BCUT2D eigenvalue weighted by Crippen LogP contribution is -2.06. The van der Waals surface area contributed by atoms with Crippen LogP contribution in [-0.4, -0.2) is 25.3 Å². The highest BCUT2D eigenvalue weighted by Gasteiger charge is 2.20. The molecular weight excluding hydrogens is 284 g/mol. The van der Waals surface area contributed by atoms with Gasteiger partial charge in [0.2, 0.25) is 0 Å². The monoisotopic (exact) mass is 302 g/mol. The average molecular weight is 302 g/mol. The van der Waals surface area contributed by atoms with Crippen LogP contribution in [0.15, 0.2) is 36.4 Å². The van der Waals surface area contributed by atoms with Crippen molar-refractivity contribution in [1.29, 1.82) is 0 Å². The number of carboxylic acid groups (broad SMARTS) is 1. The van der Waals surface area contributed by atoms with E-state index in [-0.39, 0.29) is 23.7 Å². The molecule has 0 unspecified atom stereocenters. The Hall–Kier alpha value is -2.69. The van der Waals surface area contributed by atoms with Crippen LogP contribution in [0.4, 0.5) is 0 Å². The van der Waals surface area contributed by atoms with E-state index in [9.17, 15) is 9.90 Å². The molecule has 0 aliphatic rings. The van der Waals surface area contributed by atoms with Crippen LogP contribution >= 0.6 is 0 Å². The second kappa shape index (κ2) is 6.85. The maximum Gasteiger partial charge on any atom is 0.343 e. The van der Waals surface area contributed by atoms with Crippen LogP contribution in [0.2, 0.25) is 0 Å². The van der Waals surface area contributed by atoms with Gasteiger partial charge in [-0.1, -0.05) is 29.8 Å². The highest BCUT2D eigenvalue weighted by molar-refractivity contribution is 5.94. The van der Waals surface area contributed by atoms with Gasteiger partial charge in [-0.05, 0) is 12.5 Å². The summed E-state index contributed by atoms with van der Waals surface area (Å²) in [5.41, 5.74) is 2.08. The van der Waals surface area contributed by atoms with Crippen LogP contribution in [0, 0.1) is 6.92 Å². The Balaban J connectivity index is 2.31. The van der Waals surface area contributed by atoms with Crippen LogP contribution in [0.3, 0.4) is 0 Å². The highest BCUT2D eigenvalue weighted by atomic mass is 16.5. The average Bonchev–Trinajstić information content (AvgIpc) is 2.53. The van der Waals surface area contributed by atoms with Gasteiger partial charge in [0.1, 0.15) is 29.4 Å². The molecule has 5 nitrogen and oxygen atoms in total. The summed E-state index contributed by atoms with van der Waals surface area (Å²) in [7, 11) is 2.91. The summed E-state index contributed by atoms with van der Waals surface area (Å²) in [4.78, 5) is 11.5. The van der Waals surface area contributed by atoms with Gasteiger partial charge in [0.05, 0.1) is 14.2 Å². The molecule has 22 heavy (non-hydrogen) atoms. The van der Waals surface area contributed by atoms with Crippen LogP contribution in [0.5, 0.6) is 17.2 Å². The number of carboxylic acids is 1. The van der Waals surface area contributed by atoms with Gasteiger partial charge in [-0.3, -0.25) is 0 Å². The Kier molecular flexibility index (Phi) is 4.88. The summed E-state index contributed by atoms with van der Waals surface area (Å²) in [6.07, 6.45) is 0. The molecule has 1 N–H and O–H groups in total. The second-order valence-electron chi connectivity index (χ2n) is 4.78. The van der Waals surface area contributed by atoms with Crippen molar-refractivity contribution in [3.05, 3.63) is 53.1 Å². The zero-order valence-corrected chi connectivity index (χ0v) is 12.8. The molecule has 0 atom stereocenters. The molecule has 0 saturated heterocycles. The lowest BCUT2D eigenvalue weighted by molar-refractivity contribution is 0.0688. The number of ether oxygens (including phenoxy) is 3. The van der Waals surface area contributed by atoms with E-state index < -0.39 is 5.97 Å². The molecule has 0 heterocycles. The molecule has 0 bridgehead atoms. The Bertz CT molecular complexity index is 661. The van der Waals surface area contributed by atoms with Crippen molar-refractivity contribution in [2.45, 2.75) is 13.5 Å². The second-order valence-corrected chi connectivity index (χ2v) is 4.78. The van der Waals surface area contributed by atoms with Crippen LogP contribution in [0.1, 0.15) is 21.5 Å². The van der Waals surface area contributed by atoms with Crippen molar-refractivity contribution >= 4 is 5.97 Å². The molecule has 0 aromatic heterocycles. The largest absolute Gasteiger partial charge is 0.496 e. The number of carbonyl (C=O) groups is 1. The third kappa shape index (κ3) is 3.49. The molecule has 0 fully saturated rings. The third-order valence-electron chi connectivity index (χ3n) is 3.22. The number of hydrogen-bond acceptors (Lipinski definition) is 4. The van der Waals surface area contributed by atoms with Gasteiger partial charge in [0, 0.05) is 12.1 Å². The molecule has 0 amide bonds. The molecule has 2 aromatic carbocycles. The molecule has 0 saturated carbocycles. The number of methoxy groups -OCH3 is 2. The lowest BCUT2D eigenvalue weighted by atomic mass is 10.1. The smallest absolute Gasteiger partial charge is 0.343 e. The Morgan fingerprint density at radius 3 is 2.23 bits per heavy atom. The first kappa shape index (κ1) is 15.7. The molecule has 0 radical (unpaired) electrons. The fourth-order valence-corrected chi connectivity index (χ4v) is 2.01. The SMILES string of the molecule is COc1cc(OC)c(C(=O)O)c(OCc2ccc(C)cc2)c1. The third-order valence-corrected chi connectivity index (χ3v) is 3.22. The summed E-state index contributed by atoms with van der Waals surface area (Å²) in [6, 6.07) is 10.9. The van der Waals surface area contributed by atoms with E-state index in [0.29, 0.717) is 5.75 Å². The van der Waals surface area contributed by atoms with E-state index in [2.05, 4.69) is 0 Å². The van der Waals surface area contributed by atoms with Gasteiger partial charge in [0.25, 0.3) is 0 Å². The predicted molar refractivity (Wildman–Crippen MR) is 82.0 cm³/mol. The summed E-state index contributed by atoms with van der Waals surface area (Å²) < 4.78 is 15.9. The van der Waals surface area contributed by atoms with Crippen molar-refractivity contribution in [3.8, 4) is 17.2 Å². The first-order valence-electron chi connectivity index (χ1n) is 6.72. The number of hydrogen-bond donors (Lipinski definition) is 1. The fraction of sp³-hybridized carbons (Fsp3) is 0.235. The zero-order chi connectivity index (χ0) is 16.1. The van der Waals surface area contributed by atoms with Gasteiger partial charge >= 0.3 is 5.97 Å². The molecule has 116 valence electrons. The molecule has 5 heteroatoms. The maximum atomic E-state index is 11.5. The van der Waals surface area contributed by atoms with Gasteiger partial charge in [-0.2, -0.15) is 0 Å². The van der Waals surface area contributed by atoms with E-state index in [1.165, 1.54) is 20.3 Å². The van der Waals surface area contributed by atoms with Crippen LogP contribution in [0.25, 0.3) is 0 Å². The number of rotatable bonds is 6. The van der Waals surface area contributed by atoms with E-state index >= 15 is 0 Å². The summed E-state index contributed by atoms with van der Waals surface area (Å²) >= 11 is 0. The van der Waals surface area contributed by atoms with Crippen molar-refractivity contribution in [3.63, 3.8) is 0 Å². The molecule has 0 aliphatic carbocycles. The fourth-order valence-electron chi connectivity index (χ4n) is 2.01. The summed E-state index contributed by atoms with van der Waals surface area (Å²) in [5.74, 6) is -0.228. The van der Waals surface area contributed by atoms with E-state index in [1.54, 1.807) is 6.07 Å². The Morgan fingerprint density at radius 2 is 1.68 bits per heavy atom. The quantitative estimate of drug-likeness (QED) is 0.887. The van der Waals surface area contributed by atoms with E-state index in [1.807, 2.05) is 31.2 Å². The molecular formula is C17H18O5. The van der Waals surface area contributed by atoms with Crippen molar-refractivity contribution in [2.24, 2.45) is 0 Å². The van der Waals surface area contributed by atoms with Crippen LogP contribution in [-0.2, 0) is 6.61 Å².